The number of ether oxygens (including phenoxy) is 2. The Morgan fingerprint density at radius 1 is 0.727 bits per heavy atom. The van der Waals surface area contributed by atoms with Crippen molar-refractivity contribution in [3.63, 3.8) is 0 Å². The first-order valence-electron chi connectivity index (χ1n) is 9.82. The van der Waals surface area contributed by atoms with Crippen LogP contribution in [0.3, 0.4) is 0 Å². The smallest absolute Gasteiger partial charge is 0.343 e. The quantitative estimate of drug-likeness (QED) is 0.147. The summed E-state index contributed by atoms with van der Waals surface area (Å²) >= 11 is 14.3. The lowest BCUT2D eigenvalue weighted by Crippen LogP contribution is -2.19. The molecule has 0 atom stereocenters. The molecule has 3 rings (SSSR count). The van der Waals surface area contributed by atoms with Crippen LogP contribution >= 0.6 is 63.7 Å². The Hall–Kier alpha value is -1.48. The molecule has 0 saturated heterocycles. The third-order valence-electron chi connectivity index (χ3n) is 5.37. The van der Waals surface area contributed by atoms with Gasteiger partial charge in [-0.05, 0) is 118 Å². The highest BCUT2D eigenvalue weighted by Crippen LogP contribution is 2.44. The SMILES string of the molecule is COc1c(Br)cc(C(C)(C)c2cc(Br)c(OC(=O)c3ccc(C(C)=O)cc3)c(Br)c2)cc1Br. The van der Waals surface area contributed by atoms with Crippen LogP contribution in [0.25, 0.3) is 0 Å². The molecule has 0 aliphatic carbocycles. The van der Waals surface area contributed by atoms with E-state index in [-0.39, 0.29) is 11.2 Å². The van der Waals surface area contributed by atoms with Crippen LogP contribution in [0.1, 0.15) is 52.6 Å². The van der Waals surface area contributed by atoms with E-state index in [1.54, 1.807) is 31.4 Å². The topological polar surface area (TPSA) is 52.6 Å². The van der Waals surface area contributed by atoms with E-state index in [1.807, 2.05) is 24.3 Å². The van der Waals surface area contributed by atoms with Gasteiger partial charge >= 0.3 is 5.97 Å². The number of rotatable bonds is 6. The van der Waals surface area contributed by atoms with Crippen LogP contribution in [0, 0.1) is 0 Å². The van der Waals surface area contributed by atoms with E-state index in [0.717, 1.165) is 25.8 Å². The molecular weight excluding hydrogens is 684 g/mol. The maximum atomic E-state index is 12.7. The van der Waals surface area contributed by atoms with E-state index in [0.29, 0.717) is 25.8 Å². The van der Waals surface area contributed by atoms with Gasteiger partial charge in [0.15, 0.2) is 11.5 Å². The zero-order valence-electron chi connectivity index (χ0n) is 18.3. The minimum absolute atomic E-state index is 0.0606. The first-order chi connectivity index (χ1) is 15.4. The first-order valence-corrected chi connectivity index (χ1v) is 13.0. The normalized spacial score (nSPS) is 11.3. The summed E-state index contributed by atoms with van der Waals surface area (Å²) in [5, 5.41) is 0. The third-order valence-corrected chi connectivity index (χ3v) is 7.72. The number of methoxy groups -OCH3 is 1. The lowest BCUT2D eigenvalue weighted by atomic mass is 9.78. The summed E-state index contributed by atoms with van der Waals surface area (Å²) in [5.41, 5.74) is 2.60. The van der Waals surface area contributed by atoms with Gasteiger partial charge in [0.05, 0.1) is 30.6 Å². The van der Waals surface area contributed by atoms with E-state index in [4.69, 9.17) is 9.47 Å². The van der Waals surface area contributed by atoms with Gasteiger partial charge in [-0.15, -0.1) is 0 Å². The van der Waals surface area contributed by atoms with Crippen LogP contribution in [-0.2, 0) is 5.41 Å². The van der Waals surface area contributed by atoms with Crippen LogP contribution < -0.4 is 9.47 Å². The van der Waals surface area contributed by atoms with Crippen molar-refractivity contribution in [1.82, 2.24) is 0 Å². The van der Waals surface area contributed by atoms with Gasteiger partial charge in [0.25, 0.3) is 0 Å². The number of benzene rings is 3. The van der Waals surface area contributed by atoms with Gasteiger partial charge < -0.3 is 9.47 Å². The van der Waals surface area contributed by atoms with Crippen LogP contribution in [0.15, 0.2) is 66.4 Å². The number of esters is 1. The fourth-order valence-corrected chi connectivity index (χ4v) is 6.15. The number of hydrogen-bond acceptors (Lipinski definition) is 4. The number of halogens is 4. The molecule has 0 bridgehead atoms. The zero-order valence-corrected chi connectivity index (χ0v) is 24.6. The molecular formula is C25H20Br4O4. The van der Waals surface area contributed by atoms with Crippen LogP contribution in [-0.4, -0.2) is 18.9 Å². The molecule has 8 heteroatoms. The van der Waals surface area contributed by atoms with Crippen molar-refractivity contribution in [1.29, 1.82) is 0 Å². The Balaban J connectivity index is 1.92. The molecule has 0 aliphatic heterocycles. The van der Waals surface area contributed by atoms with Crippen molar-refractivity contribution < 1.29 is 19.1 Å². The average Bonchev–Trinajstić information content (AvgIpc) is 2.75. The highest BCUT2D eigenvalue weighted by Gasteiger charge is 2.28. The Morgan fingerprint density at radius 2 is 1.12 bits per heavy atom. The summed E-state index contributed by atoms with van der Waals surface area (Å²) in [6, 6.07) is 14.3. The predicted molar refractivity (Wildman–Crippen MR) is 144 cm³/mol. The predicted octanol–water partition coefficient (Wildman–Crippen LogP) is 8.49. The number of hydrogen-bond donors (Lipinski definition) is 0. The van der Waals surface area contributed by atoms with Gasteiger partial charge in [-0.3, -0.25) is 4.79 Å². The number of ketones is 1. The highest BCUT2D eigenvalue weighted by molar-refractivity contribution is 9.11. The summed E-state index contributed by atoms with van der Waals surface area (Å²) in [7, 11) is 1.63. The monoisotopic (exact) mass is 700 g/mol. The molecule has 172 valence electrons. The standard InChI is InChI=1S/C25H20Br4O4/c1-13(30)14-5-7-15(8-6-14)24(31)33-23-20(28)11-17(12-21(23)29)25(2,3)16-9-18(26)22(32-4)19(27)10-16/h5-12H,1-4H3. The van der Waals surface area contributed by atoms with Crippen molar-refractivity contribution in [2.45, 2.75) is 26.2 Å². The Kier molecular flexibility index (Phi) is 8.25. The molecule has 3 aromatic rings. The van der Waals surface area contributed by atoms with E-state index in [2.05, 4.69) is 77.6 Å². The minimum atomic E-state index is -0.512. The molecule has 0 aromatic heterocycles. The zero-order chi connectivity index (χ0) is 24.5. The van der Waals surface area contributed by atoms with E-state index < -0.39 is 5.97 Å². The Labute approximate surface area is 226 Å². The van der Waals surface area contributed by atoms with Crippen LogP contribution in [0.5, 0.6) is 11.5 Å². The molecule has 0 heterocycles. The maximum Gasteiger partial charge on any atom is 0.343 e. The second kappa shape index (κ2) is 10.4. The first kappa shape index (κ1) is 26.1. The summed E-state index contributed by atoms with van der Waals surface area (Å²) < 4.78 is 14.1. The molecule has 0 saturated carbocycles. The molecule has 0 spiro atoms. The van der Waals surface area contributed by atoms with Crippen molar-refractivity contribution in [2.24, 2.45) is 0 Å². The summed E-state index contributed by atoms with van der Waals surface area (Å²) in [5.74, 6) is 0.541. The van der Waals surface area contributed by atoms with Gasteiger partial charge in [-0.25, -0.2) is 4.79 Å². The highest BCUT2D eigenvalue weighted by atomic mass is 79.9. The molecule has 0 amide bonds. The molecule has 3 aromatic carbocycles. The summed E-state index contributed by atoms with van der Waals surface area (Å²) in [6.07, 6.45) is 0. The molecule has 0 unspecified atom stereocenters. The van der Waals surface area contributed by atoms with Crippen LogP contribution in [0.4, 0.5) is 0 Å². The van der Waals surface area contributed by atoms with Crippen molar-refractivity contribution in [2.75, 3.05) is 7.11 Å². The number of carbonyl (C=O) groups excluding carboxylic acids is 2. The fraction of sp³-hybridized carbons (Fsp3) is 0.200. The van der Waals surface area contributed by atoms with Gasteiger partial charge in [-0.1, -0.05) is 26.0 Å². The number of Topliss-reactive ketones (excluding diaryl/α,β-unsaturated/α-hetero) is 1. The largest absolute Gasteiger partial charge is 0.494 e. The molecule has 0 aliphatic rings. The average molecular weight is 704 g/mol. The van der Waals surface area contributed by atoms with Gasteiger partial charge in [0.2, 0.25) is 0 Å². The maximum absolute atomic E-state index is 12.7. The van der Waals surface area contributed by atoms with E-state index >= 15 is 0 Å². The van der Waals surface area contributed by atoms with E-state index in [1.165, 1.54) is 6.92 Å². The lowest BCUT2D eigenvalue weighted by Gasteiger charge is -2.28. The van der Waals surface area contributed by atoms with Gasteiger partial charge in [-0.2, -0.15) is 0 Å². The van der Waals surface area contributed by atoms with Crippen molar-refractivity contribution in [3.05, 3.63) is 88.7 Å². The number of carbonyl (C=O) groups is 2. The molecule has 0 fully saturated rings. The summed E-state index contributed by atoms with van der Waals surface area (Å²) in [6.45, 7) is 5.71. The Bertz CT molecular complexity index is 1190. The Morgan fingerprint density at radius 3 is 1.52 bits per heavy atom. The molecule has 0 N–H and O–H groups in total. The van der Waals surface area contributed by atoms with Crippen LogP contribution in [0.2, 0.25) is 0 Å². The van der Waals surface area contributed by atoms with Crippen molar-refractivity contribution in [3.8, 4) is 11.5 Å². The lowest BCUT2D eigenvalue weighted by molar-refractivity contribution is 0.0731. The van der Waals surface area contributed by atoms with Gasteiger partial charge in [0.1, 0.15) is 5.75 Å². The molecule has 0 radical (unpaired) electrons. The van der Waals surface area contributed by atoms with Crippen molar-refractivity contribution >= 4 is 75.5 Å². The minimum Gasteiger partial charge on any atom is -0.494 e. The van der Waals surface area contributed by atoms with E-state index in [9.17, 15) is 9.59 Å². The summed E-state index contributed by atoms with van der Waals surface area (Å²) in [4.78, 5) is 24.1. The molecule has 4 nitrogen and oxygen atoms in total. The van der Waals surface area contributed by atoms with Gasteiger partial charge in [0, 0.05) is 11.0 Å². The second-order valence-electron chi connectivity index (χ2n) is 7.89. The molecule has 33 heavy (non-hydrogen) atoms. The fourth-order valence-electron chi connectivity index (χ4n) is 3.29. The third kappa shape index (κ3) is 5.61. The second-order valence-corrected chi connectivity index (χ2v) is 11.3.